The molecule has 1 atom stereocenters. The fraction of sp³-hybridized carbons (Fsp3) is 0.316. The minimum absolute atomic E-state index is 0.0516. The van der Waals surface area contributed by atoms with Crippen molar-refractivity contribution in [2.45, 2.75) is 25.5 Å². The van der Waals surface area contributed by atoms with Crippen LogP contribution in [0.4, 0.5) is 5.69 Å². The van der Waals surface area contributed by atoms with Crippen molar-refractivity contribution in [3.05, 3.63) is 58.1 Å². The standard InChI is InChI=1S/C19H19ClN4O4/c20-13-6-7-16(28-12-14-4-3-9-27-14)15(10-13)21-18(25)11-24-19(26)23-8-2-1-5-17(23)22-24/h1-2,5-8,10,14H,3-4,9,11-12H2,(H,21,25). The molecule has 1 fully saturated rings. The Morgan fingerprint density at radius 2 is 2.25 bits per heavy atom. The van der Waals surface area contributed by atoms with Crippen molar-refractivity contribution >= 4 is 28.8 Å². The summed E-state index contributed by atoms with van der Waals surface area (Å²) in [6.45, 7) is 0.917. The van der Waals surface area contributed by atoms with Gasteiger partial charge in [-0.15, -0.1) is 5.10 Å². The van der Waals surface area contributed by atoms with Crippen LogP contribution in [-0.4, -0.2) is 39.4 Å². The van der Waals surface area contributed by atoms with Gasteiger partial charge in [-0.3, -0.25) is 9.20 Å². The number of anilines is 1. The van der Waals surface area contributed by atoms with Gasteiger partial charge in [-0.05, 0) is 43.2 Å². The molecule has 1 amide bonds. The first kappa shape index (κ1) is 18.5. The Kier molecular flexibility index (Phi) is 5.31. The Labute approximate surface area is 165 Å². The third kappa shape index (κ3) is 4.02. The van der Waals surface area contributed by atoms with Crippen LogP contribution < -0.4 is 15.7 Å². The van der Waals surface area contributed by atoms with Gasteiger partial charge in [0.1, 0.15) is 18.9 Å². The summed E-state index contributed by atoms with van der Waals surface area (Å²) < 4.78 is 13.9. The van der Waals surface area contributed by atoms with Gasteiger partial charge >= 0.3 is 5.69 Å². The predicted octanol–water partition coefficient (Wildman–Crippen LogP) is 2.35. The number of fused-ring (bicyclic) bond motifs is 1. The second-order valence-electron chi connectivity index (χ2n) is 6.50. The molecule has 0 bridgehead atoms. The summed E-state index contributed by atoms with van der Waals surface area (Å²) in [5, 5.41) is 7.37. The SMILES string of the molecule is O=C(Cn1nc2ccccn2c1=O)Nc1cc(Cl)ccc1OCC1CCCO1. The molecule has 8 nitrogen and oxygen atoms in total. The summed E-state index contributed by atoms with van der Waals surface area (Å²) in [7, 11) is 0. The summed E-state index contributed by atoms with van der Waals surface area (Å²) in [5.74, 6) is 0.0883. The molecule has 1 N–H and O–H groups in total. The summed E-state index contributed by atoms with van der Waals surface area (Å²) in [4.78, 5) is 24.8. The number of hydrogen-bond donors (Lipinski definition) is 1. The Hall–Kier alpha value is -2.84. The number of aromatic nitrogens is 3. The molecule has 0 aliphatic carbocycles. The van der Waals surface area contributed by atoms with E-state index in [2.05, 4.69) is 10.4 Å². The van der Waals surface area contributed by atoms with Gasteiger partial charge in [0.2, 0.25) is 5.91 Å². The molecule has 146 valence electrons. The topological polar surface area (TPSA) is 86.9 Å². The number of rotatable bonds is 6. The Morgan fingerprint density at radius 3 is 3.04 bits per heavy atom. The van der Waals surface area contributed by atoms with Gasteiger partial charge in [-0.2, -0.15) is 0 Å². The zero-order chi connectivity index (χ0) is 19.5. The average molecular weight is 403 g/mol. The van der Waals surface area contributed by atoms with Crippen molar-refractivity contribution in [2.75, 3.05) is 18.5 Å². The van der Waals surface area contributed by atoms with Gasteiger partial charge in [0.15, 0.2) is 5.65 Å². The first-order chi connectivity index (χ1) is 13.6. The molecule has 0 spiro atoms. The number of amides is 1. The van der Waals surface area contributed by atoms with E-state index >= 15 is 0 Å². The molecule has 28 heavy (non-hydrogen) atoms. The van der Waals surface area contributed by atoms with Crippen LogP contribution >= 0.6 is 11.6 Å². The molecule has 3 aromatic rings. The fourth-order valence-corrected chi connectivity index (χ4v) is 3.25. The van der Waals surface area contributed by atoms with Crippen LogP contribution in [0, 0.1) is 0 Å². The Balaban J connectivity index is 1.47. The van der Waals surface area contributed by atoms with Crippen molar-refractivity contribution in [3.63, 3.8) is 0 Å². The summed E-state index contributed by atoms with van der Waals surface area (Å²) in [6.07, 6.45) is 3.63. The second-order valence-corrected chi connectivity index (χ2v) is 6.94. The summed E-state index contributed by atoms with van der Waals surface area (Å²) in [5.41, 5.74) is 0.530. The van der Waals surface area contributed by atoms with Gasteiger partial charge in [0.25, 0.3) is 0 Å². The van der Waals surface area contributed by atoms with Gasteiger partial charge < -0.3 is 14.8 Å². The van der Waals surface area contributed by atoms with Crippen LogP contribution in [0.5, 0.6) is 5.75 Å². The van der Waals surface area contributed by atoms with Crippen molar-refractivity contribution in [1.29, 1.82) is 0 Å². The molecular weight excluding hydrogens is 384 g/mol. The molecule has 3 heterocycles. The molecule has 2 aromatic heterocycles. The summed E-state index contributed by atoms with van der Waals surface area (Å²) >= 11 is 6.06. The molecule has 1 aliphatic heterocycles. The van der Waals surface area contributed by atoms with E-state index in [4.69, 9.17) is 21.1 Å². The third-order valence-electron chi connectivity index (χ3n) is 4.45. The van der Waals surface area contributed by atoms with Gasteiger partial charge in [0, 0.05) is 17.8 Å². The highest BCUT2D eigenvalue weighted by atomic mass is 35.5. The summed E-state index contributed by atoms with van der Waals surface area (Å²) in [6, 6.07) is 10.2. The lowest BCUT2D eigenvalue weighted by Crippen LogP contribution is -2.28. The van der Waals surface area contributed by atoms with E-state index in [-0.39, 0.29) is 18.3 Å². The van der Waals surface area contributed by atoms with E-state index in [0.717, 1.165) is 24.1 Å². The molecule has 9 heteroatoms. The normalized spacial score (nSPS) is 16.4. The molecule has 1 saturated heterocycles. The van der Waals surface area contributed by atoms with Crippen LogP contribution in [0.25, 0.3) is 5.65 Å². The number of nitrogens with zero attached hydrogens (tertiary/aromatic N) is 3. The van der Waals surface area contributed by atoms with E-state index in [9.17, 15) is 9.59 Å². The zero-order valence-corrected chi connectivity index (χ0v) is 15.8. The number of nitrogens with one attached hydrogen (secondary N) is 1. The van der Waals surface area contributed by atoms with E-state index < -0.39 is 5.91 Å². The minimum atomic E-state index is -0.408. The van der Waals surface area contributed by atoms with Crippen LogP contribution in [-0.2, 0) is 16.1 Å². The van der Waals surface area contributed by atoms with Crippen molar-refractivity contribution < 1.29 is 14.3 Å². The molecule has 1 aromatic carbocycles. The number of carbonyl (C=O) groups is 1. The largest absolute Gasteiger partial charge is 0.489 e. The van der Waals surface area contributed by atoms with Crippen molar-refractivity contribution in [2.24, 2.45) is 0 Å². The number of hydrogen-bond acceptors (Lipinski definition) is 5. The van der Waals surface area contributed by atoms with Crippen molar-refractivity contribution in [3.8, 4) is 5.75 Å². The molecular formula is C19H19ClN4O4. The quantitative estimate of drug-likeness (QED) is 0.683. The van der Waals surface area contributed by atoms with Crippen LogP contribution in [0.2, 0.25) is 5.02 Å². The highest BCUT2D eigenvalue weighted by Crippen LogP contribution is 2.29. The second kappa shape index (κ2) is 8.04. The van der Waals surface area contributed by atoms with E-state index in [1.165, 1.54) is 4.40 Å². The Morgan fingerprint density at radius 1 is 1.36 bits per heavy atom. The number of ether oxygens (including phenoxy) is 2. The van der Waals surface area contributed by atoms with Crippen LogP contribution in [0.3, 0.4) is 0 Å². The number of halogens is 1. The number of carbonyl (C=O) groups excluding carboxylic acids is 1. The first-order valence-electron chi connectivity index (χ1n) is 8.98. The number of pyridine rings is 1. The highest BCUT2D eigenvalue weighted by molar-refractivity contribution is 6.31. The monoisotopic (exact) mass is 402 g/mol. The van der Waals surface area contributed by atoms with E-state index in [0.29, 0.717) is 28.7 Å². The maximum absolute atomic E-state index is 12.5. The average Bonchev–Trinajstić information content (AvgIpc) is 3.30. The lowest BCUT2D eigenvalue weighted by molar-refractivity contribution is -0.117. The maximum Gasteiger partial charge on any atom is 0.350 e. The van der Waals surface area contributed by atoms with E-state index in [1.807, 2.05) is 0 Å². The van der Waals surface area contributed by atoms with E-state index in [1.54, 1.807) is 42.6 Å². The zero-order valence-electron chi connectivity index (χ0n) is 15.0. The van der Waals surface area contributed by atoms with Gasteiger partial charge in [-0.25, -0.2) is 9.48 Å². The number of benzene rings is 1. The fourth-order valence-electron chi connectivity index (χ4n) is 3.08. The maximum atomic E-state index is 12.5. The predicted molar refractivity (Wildman–Crippen MR) is 104 cm³/mol. The molecule has 0 saturated carbocycles. The smallest absolute Gasteiger partial charge is 0.350 e. The highest BCUT2D eigenvalue weighted by Gasteiger charge is 2.18. The van der Waals surface area contributed by atoms with Crippen molar-refractivity contribution in [1.82, 2.24) is 14.2 Å². The molecule has 0 radical (unpaired) electrons. The molecule has 1 unspecified atom stereocenters. The van der Waals surface area contributed by atoms with Gasteiger partial charge in [-0.1, -0.05) is 17.7 Å². The van der Waals surface area contributed by atoms with Crippen LogP contribution in [0.1, 0.15) is 12.8 Å². The molecule has 4 rings (SSSR count). The lowest BCUT2D eigenvalue weighted by Gasteiger charge is -2.15. The minimum Gasteiger partial charge on any atom is -0.489 e. The van der Waals surface area contributed by atoms with Gasteiger partial charge in [0.05, 0.1) is 11.8 Å². The molecule has 1 aliphatic rings. The Bertz CT molecular complexity index is 1060. The first-order valence-corrected chi connectivity index (χ1v) is 9.36. The van der Waals surface area contributed by atoms with Crippen LogP contribution in [0.15, 0.2) is 47.4 Å². The lowest BCUT2D eigenvalue weighted by atomic mass is 10.2. The third-order valence-corrected chi connectivity index (χ3v) is 4.68.